The van der Waals surface area contributed by atoms with E-state index in [-0.39, 0.29) is 39.2 Å². The summed E-state index contributed by atoms with van der Waals surface area (Å²) in [5.74, 6) is 0. The van der Waals surface area contributed by atoms with Crippen molar-refractivity contribution in [3.63, 3.8) is 0 Å². The lowest BCUT2D eigenvalue weighted by Gasteiger charge is -2.49. The van der Waals surface area contributed by atoms with Gasteiger partial charge in [0.15, 0.2) is 0 Å². The number of rotatable bonds is 8. The van der Waals surface area contributed by atoms with Crippen molar-refractivity contribution >= 4 is 91.3 Å². The van der Waals surface area contributed by atoms with Crippen molar-refractivity contribution in [1.82, 2.24) is 0 Å². The van der Waals surface area contributed by atoms with Gasteiger partial charge in [0.25, 0.3) is 6.71 Å². The summed E-state index contributed by atoms with van der Waals surface area (Å²) >= 11 is 0. The molecule has 4 nitrogen and oxygen atoms in total. The van der Waals surface area contributed by atoms with Crippen LogP contribution in [0.3, 0.4) is 0 Å². The van der Waals surface area contributed by atoms with Crippen molar-refractivity contribution in [3.8, 4) is 0 Å². The number of hydrogen-bond acceptors (Lipinski definition) is 4. The lowest BCUT2D eigenvalue weighted by Crippen LogP contribution is -2.62. The Labute approximate surface area is 502 Å². The Bertz CT molecular complexity index is 3980. The van der Waals surface area contributed by atoms with Gasteiger partial charge in [0.05, 0.1) is 5.69 Å². The molecule has 0 N–H and O–H groups in total. The van der Waals surface area contributed by atoms with Crippen molar-refractivity contribution in [1.29, 1.82) is 0 Å². The normalized spacial score (nSPS) is 18.5. The number of hydrogen-bond donors (Lipinski definition) is 0. The summed E-state index contributed by atoms with van der Waals surface area (Å²) in [5.41, 5.74) is 28.4. The summed E-state index contributed by atoms with van der Waals surface area (Å²) in [6.45, 7) is 32.1. The second-order valence-corrected chi connectivity index (χ2v) is 29.4. The molecule has 5 heteroatoms. The second-order valence-electron chi connectivity index (χ2n) is 29.4. The van der Waals surface area contributed by atoms with Crippen LogP contribution in [-0.2, 0) is 32.5 Å². The van der Waals surface area contributed by atoms with Gasteiger partial charge in [-0.25, -0.2) is 0 Å². The molecule has 0 atom stereocenters. The molecule has 0 bridgehead atoms. The Morgan fingerprint density at radius 2 is 0.667 bits per heavy atom. The summed E-state index contributed by atoms with van der Waals surface area (Å²) in [5, 5.41) is 0. The fraction of sp³-hybridized carbons (Fsp3) is 0.316. The molecule has 0 saturated carbocycles. The Hall–Kier alpha value is -7.76. The predicted molar refractivity (Wildman–Crippen MR) is 360 cm³/mol. The van der Waals surface area contributed by atoms with Crippen LogP contribution < -0.4 is 36.0 Å². The van der Waals surface area contributed by atoms with Gasteiger partial charge in [-0.1, -0.05) is 180 Å². The number of aryl methyl sites for hydroxylation is 1. The van der Waals surface area contributed by atoms with Crippen LogP contribution in [0.25, 0.3) is 0 Å². The number of anilines is 12. The van der Waals surface area contributed by atoms with E-state index in [0.29, 0.717) is 0 Å². The largest absolute Gasteiger partial charge is 0.311 e. The SMILES string of the molecule is Cc1cc2c(cc1N1c3cc(N(c4ccccc4)c4ccccc4)ccc3B3c4cc5c(cc4N(c4ccc6c(c4)C(C)(C)CCC6(C)C)c4cc(N(c6ccccc6)c6ccccc6)cc1c43)C(C)(C)CCC5(C)C)C(C)(C)CCC2(C)C. The standard InChI is InChI=1S/C79H83BN4/c1-52-44-61-64(78(10,11)42-40-75(61,4)5)50-68(52)84-69-46-58(81(53-26-18-14-19-27-53)54-28-20-15-21-29-54)35-37-66(69)80-67-49-63-65(79(12,13)43-41-77(63,8)9)51-70(67)83(57-34-36-60-62(45-57)76(6,7)39-38-74(60,2)3)71-47-59(48-72(84)73(71)80)82(55-30-22-16-23-31-55)56-32-24-17-25-33-56/h14-37,44-51H,38-43H2,1-13H3. The van der Waals surface area contributed by atoms with Gasteiger partial charge in [-0.05, 0) is 230 Å². The van der Waals surface area contributed by atoms with Crippen molar-refractivity contribution in [2.24, 2.45) is 0 Å². The summed E-state index contributed by atoms with van der Waals surface area (Å²) in [6, 6.07) is 74.8. The second kappa shape index (κ2) is 19.1. The topological polar surface area (TPSA) is 13.0 Å². The first-order valence-electron chi connectivity index (χ1n) is 31.3. The fourth-order valence-electron chi connectivity index (χ4n) is 15.7. The number of para-hydroxylation sites is 4. The third-order valence-corrected chi connectivity index (χ3v) is 21.1. The zero-order valence-corrected chi connectivity index (χ0v) is 52.1. The van der Waals surface area contributed by atoms with Gasteiger partial charge in [0.1, 0.15) is 0 Å². The molecular formula is C79H83BN4. The van der Waals surface area contributed by atoms with Crippen LogP contribution in [0, 0.1) is 6.92 Å². The first-order chi connectivity index (χ1) is 40.0. The Kier molecular flexibility index (Phi) is 12.3. The summed E-state index contributed by atoms with van der Waals surface area (Å²) in [7, 11) is 0. The number of benzene rings is 9. The lowest BCUT2D eigenvalue weighted by molar-refractivity contribution is 0.332. The molecule has 0 spiro atoms. The third-order valence-electron chi connectivity index (χ3n) is 21.1. The molecular weight excluding hydrogens is 1020 g/mol. The third kappa shape index (κ3) is 8.60. The van der Waals surface area contributed by atoms with Crippen LogP contribution >= 0.6 is 0 Å². The van der Waals surface area contributed by atoms with Crippen molar-refractivity contribution in [2.75, 3.05) is 19.6 Å². The fourth-order valence-corrected chi connectivity index (χ4v) is 15.7. The van der Waals surface area contributed by atoms with Crippen molar-refractivity contribution < 1.29 is 0 Å². The molecule has 84 heavy (non-hydrogen) atoms. The van der Waals surface area contributed by atoms with E-state index in [1.165, 1.54) is 95.9 Å². The molecule has 5 aliphatic rings. The average molecular weight is 1100 g/mol. The zero-order valence-electron chi connectivity index (χ0n) is 52.1. The summed E-state index contributed by atoms with van der Waals surface area (Å²) in [6.07, 6.45) is 6.89. The van der Waals surface area contributed by atoms with Crippen molar-refractivity contribution in [3.05, 3.63) is 233 Å². The quantitative estimate of drug-likeness (QED) is 0.141. The van der Waals surface area contributed by atoms with E-state index in [1.54, 1.807) is 0 Å². The molecule has 0 radical (unpaired) electrons. The molecule has 2 heterocycles. The molecule has 0 amide bonds. The van der Waals surface area contributed by atoms with Crippen LogP contribution in [0.1, 0.15) is 161 Å². The number of nitrogens with zero attached hydrogens (tertiary/aromatic N) is 4. The van der Waals surface area contributed by atoms with Crippen molar-refractivity contribution in [2.45, 2.75) is 161 Å². The van der Waals surface area contributed by atoms with Crippen LogP contribution in [0.4, 0.5) is 68.2 Å². The summed E-state index contributed by atoms with van der Waals surface area (Å²) in [4.78, 5) is 10.4. The molecule has 0 unspecified atom stereocenters. The van der Waals surface area contributed by atoms with Crippen LogP contribution in [0.2, 0.25) is 0 Å². The van der Waals surface area contributed by atoms with Gasteiger partial charge in [0.2, 0.25) is 0 Å². The van der Waals surface area contributed by atoms with Gasteiger partial charge in [-0.15, -0.1) is 0 Å². The molecule has 0 saturated heterocycles. The molecule has 3 aliphatic carbocycles. The van der Waals surface area contributed by atoms with Crippen LogP contribution in [0.5, 0.6) is 0 Å². The van der Waals surface area contributed by atoms with Gasteiger partial charge in [-0.3, -0.25) is 0 Å². The monoisotopic (exact) mass is 1100 g/mol. The summed E-state index contributed by atoms with van der Waals surface area (Å²) < 4.78 is 0. The number of fused-ring (bicyclic) bond motifs is 7. The predicted octanol–water partition coefficient (Wildman–Crippen LogP) is 20.1. The van der Waals surface area contributed by atoms with E-state index in [1.807, 2.05) is 0 Å². The molecule has 0 aromatic heterocycles. The minimum Gasteiger partial charge on any atom is -0.311 e. The van der Waals surface area contributed by atoms with Gasteiger partial charge >= 0.3 is 0 Å². The van der Waals surface area contributed by atoms with E-state index in [0.717, 1.165) is 66.2 Å². The highest BCUT2D eigenvalue weighted by Crippen LogP contribution is 2.56. The smallest absolute Gasteiger partial charge is 0.252 e. The highest BCUT2D eigenvalue weighted by molar-refractivity contribution is 7.00. The maximum atomic E-state index is 2.73. The molecule has 0 fully saturated rings. The maximum absolute atomic E-state index is 2.73. The van der Waals surface area contributed by atoms with E-state index in [9.17, 15) is 0 Å². The minimum atomic E-state index is -0.0909. The molecule has 422 valence electrons. The maximum Gasteiger partial charge on any atom is 0.252 e. The molecule has 2 aliphatic heterocycles. The van der Waals surface area contributed by atoms with Gasteiger partial charge in [-0.2, -0.15) is 0 Å². The Morgan fingerprint density at radius 3 is 1.14 bits per heavy atom. The van der Waals surface area contributed by atoms with E-state index < -0.39 is 0 Å². The lowest BCUT2D eigenvalue weighted by atomic mass is 9.33. The molecule has 9 aromatic carbocycles. The Balaban J connectivity index is 1.15. The van der Waals surface area contributed by atoms with Crippen LogP contribution in [-0.4, -0.2) is 6.71 Å². The molecule has 14 rings (SSSR count). The van der Waals surface area contributed by atoms with E-state index in [2.05, 4.69) is 304 Å². The minimum absolute atomic E-state index is 0.00887. The average Bonchev–Trinajstić information content (AvgIpc) is 1.58. The van der Waals surface area contributed by atoms with Gasteiger partial charge in [0, 0.05) is 62.6 Å². The van der Waals surface area contributed by atoms with Gasteiger partial charge < -0.3 is 19.6 Å². The first kappa shape index (κ1) is 54.2. The van der Waals surface area contributed by atoms with E-state index >= 15 is 0 Å². The van der Waals surface area contributed by atoms with Crippen LogP contribution in [0.15, 0.2) is 194 Å². The van der Waals surface area contributed by atoms with E-state index in [4.69, 9.17) is 0 Å². The molecule has 9 aromatic rings. The first-order valence-corrected chi connectivity index (χ1v) is 31.3. The zero-order chi connectivity index (χ0) is 58.5. The highest BCUT2D eigenvalue weighted by Gasteiger charge is 2.49. The highest BCUT2D eigenvalue weighted by atomic mass is 15.2. The Morgan fingerprint density at radius 1 is 0.298 bits per heavy atom.